The average molecular weight is 461 g/mol. The van der Waals surface area contributed by atoms with Crippen LogP contribution in [0.15, 0.2) is 121 Å². The minimum Gasteiger partial charge on any atom is -0.454 e. The van der Waals surface area contributed by atoms with Gasteiger partial charge >= 0.3 is 0 Å². The first-order chi connectivity index (χ1) is 17.9. The summed E-state index contributed by atoms with van der Waals surface area (Å²) in [6.07, 6.45) is 1.84. The van der Waals surface area contributed by atoms with Crippen molar-refractivity contribution >= 4 is 32.6 Å². The van der Waals surface area contributed by atoms with Gasteiger partial charge in [0.15, 0.2) is 5.75 Å². The van der Waals surface area contributed by atoms with Gasteiger partial charge in [0.2, 0.25) is 0 Å². The van der Waals surface area contributed by atoms with Crippen LogP contribution < -0.4 is 4.74 Å². The van der Waals surface area contributed by atoms with Gasteiger partial charge in [-0.25, -0.2) is 0 Å². The zero-order chi connectivity index (χ0) is 23.6. The van der Waals surface area contributed by atoms with Crippen LogP contribution in [0.1, 0.15) is 0 Å². The summed E-state index contributed by atoms with van der Waals surface area (Å²) in [5, 5.41) is 4.73. The van der Waals surface area contributed by atoms with Crippen molar-refractivity contribution in [3.8, 4) is 39.6 Å². The summed E-state index contributed by atoms with van der Waals surface area (Å²) in [6.45, 7) is 0. The molecule has 0 atom stereocenters. The molecule has 7 aromatic rings. The van der Waals surface area contributed by atoms with E-state index in [0.717, 1.165) is 33.8 Å². The SMILES string of the molecule is c1ccc(-c2ccc(-n3c4ccccc4c4cc5c6c(cccc6c43)Oc3cccnc3-5)cc2)cc1. The first-order valence-corrected chi connectivity index (χ1v) is 12.1. The predicted molar refractivity (Wildman–Crippen MR) is 147 cm³/mol. The monoisotopic (exact) mass is 460 g/mol. The van der Waals surface area contributed by atoms with Crippen LogP contribution in [-0.4, -0.2) is 9.55 Å². The van der Waals surface area contributed by atoms with Crippen LogP contribution in [0.4, 0.5) is 0 Å². The van der Waals surface area contributed by atoms with E-state index in [0.29, 0.717) is 0 Å². The largest absolute Gasteiger partial charge is 0.454 e. The fourth-order valence-electron chi connectivity index (χ4n) is 5.67. The molecule has 1 aliphatic rings. The number of fused-ring (bicyclic) bond motifs is 6. The summed E-state index contributed by atoms with van der Waals surface area (Å²) < 4.78 is 8.70. The third-order valence-electron chi connectivity index (χ3n) is 7.23. The smallest absolute Gasteiger partial charge is 0.153 e. The van der Waals surface area contributed by atoms with Crippen LogP contribution in [0.3, 0.4) is 0 Å². The van der Waals surface area contributed by atoms with E-state index in [2.05, 4.69) is 108 Å². The Kier molecular flexibility index (Phi) is 3.94. The average Bonchev–Trinajstić information content (AvgIpc) is 3.28. The predicted octanol–water partition coefficient (Wildman–Crippen LogP) is 8.77. The summed E-state index contributed by atoms with van der Waals surface area (Å²) in [7, 11) is 0. The standard InChI is InChI=1S/C33H20N2O/c1-2-8-21(9-3-1)22-15-17-23(18-16-22)35-28-12-5-4-10-24(28)26-20-27-31-25(33(26)35)11-6-13-29(31)36-30-14-7-19-34-32(27)30/h1-20H. The fraction of sp³-hybridized carbons (Fsp3) is 0. The number of hydrogen-bond donors (Lipinski definition) is 0. The van der Waals surface area contributed by atoms with E-state index in [1.165, 1.54) is 38.3 Å². The molecule has 0 saturated carbocycles. The number of aromatic nitrogens is 2. The second kappa shape index (κ2) is 7.30. The van der Waals surface area contributed by atoms with Crippen molar-refractivity contribution in [2.45, 2.75) is 0 Å². The lowest BCUT2D eigenvalue weighted by molar-refractivity contribution is 0.484. The highest BCUT2D eigenvalue weighted by atomic mass is 16.5. The molecular weight excluding hydrogens is 440 g/mol. The lowest BCUT2D eigenvalue weighted by atomic mass is 9.95. The lowest BCUT2D eigenvalue weighted by Gasteiger charge is -2.21. The molecule has 3 heterocycles. The van der Waals surface area contributed by atoms with Gasteiger partial charge in [-0.3, -0.25) is 4.98 Å². The number of nitrogens with zero attached hydrogens (tertiary/aromatic N) is 2. The van der Waals surface area contributed by atoms with E-state index in [9.17, 15) is 0 Å². The molecule has 168 valence electrons. The van der Waals surface area contributed by atoms with E-state index in [1.807, 2.05) is 18.3 Å². The van der Waals surface area contributed by atoms with Crippen molar-refractivity contribution in [3.63, 3.8) is 0 Å². The van der Waals surface area contributed by atoms with Crippen molar-refractivity contribution in [3.05, 3.63) is 121 Å². The molecule has 36 heavy (non-hydrogen) atoms. The molecule has 3 nitrogen and oxygen atoms in total. The van der Waals surface area contributed by atoms with Crippen LogP contribution in [0.25, 0.3) is 60.6 Å². The molecule has 1 aliphatic heterocycles. The molecule has 0 N–H and O–H groups in total. The summed E-state index contributed by atoms with van der Waals surface area (Å²) in [5.41, 5.74) is 7.95. The Bertz CT molecular complexity index is 1950. The number of para-hydroxylation sites is 1. The number of ether oxygens (including phenoxy) is 1. The summed E-state index contributed by atoms with van der Waals surface area (Å²) in [4.78, 5) is 4.70. The number of hydrogen-bond acceptors (Lipinski definition) is 2. The molecule has 0 spiro atoms. The second-order valence-corrected chi connectivity index (χ2v) is 9.22. The van der Waals surface area contributed by atoms with Gasteiger partial charge in [0.25, 0.3) is 0 Å². The Morgan fingerprint density at radius 1 is 0.583 bits per heavy atom. The minimum absolute atomic E-state index is 0.803. The quantitative estimate of drug-likeness (QED) is 0.258. The Balaban J connectivity index is 1.47. The van der Waals surface area contributed by atoms with Crippen molar-refractivity contribution in [1.29, 1.82) is 0 Å². The van der Waals surface area contributed by atoms with Crippen molar-refractivity contribution in [2.75, 3.05) is 0 Å². The normalized spacial score (nSPS) is 12.1. The van der Waals surface area contributed by atoms with Gasteiger partial charge in [-0.05, 0) is 53.6 Å². The molecule has 0 aliphatic carbocycles. The fourth-order valence-corrected chi connectivity index (χ4v) is 5.67. The second-order valence-electron chi connectivity index (χ2n) is 9.22. The Morgan fingerprint density at radius 2 is 1.33 bits per heavy atom. The van der Waals surface area contributed by atoms with Crippen LogP contribution in [-0.2, 0) is 0 Å². The van der Waals surface area contributed by atoms with Gasteiger partial charge in [0.05, 0.1) is 11.0 Å². The number of benzene rings is 5. The molecule has 8 rings (SSSR count). The van der Waals surface area contributed by atoms with Crippen LogP contribution in [0, 0.1) is 0 Å². The molecule has 0 bridgehead atoms. The van der Waals surface area contributed by atoms with Crippen molar-refractivity contribution in [1.82, 2.24) is 9.55 Å². The van der Waals surface area contributed by atoms with Gasteiger partial charge in [0.1, 0.15) is 11.4 Å². The third kappa shape index (κ3) is 2.65. The van der Waals surface area contributed by atoms with Gasteiger partial charge in [0, 0.05) is 39.0 Å². The molecular formula is C33H20N2O. The van der Waals surface area contributed by atoms with E-state index >= 15 is 0 Å². The maximum absolute atomic E-state index is 6.31. The van der Waals surface area contributed by atoms with E-state index in [4.69, 9.17) is 9.72 Å². The Morgan fingerprint density at radius 3 is 2.22 bits per heavy atom. The van der Waals surface area contributed by atoms with Crippen molar-refractivity contribution < 1.29 is 4.74 Å². The van der Waals surface area contributed by atoms with Gasteiger partial charge in [-0.2, -0.15) is 0 Å². The highest BCUT2D eigenvalue weighted by molar-refractivity contribution is 6.23. The van der Waals surface area contributed by atoms with Gasteiger partial charge in [-0.15, -0.1) is 0 Å². The molecule has 0 saturated heterocycles. The minimum atomic E-state index is 0.803. The summed E-state index contributed by atoms with van der Waals surface area (Å²) in [6, 6.07) is 40.6. The lowest BCUT2D eigenvalue weighted by Crippen LogP contribution is -2.00. The first-order valence-electron chi connectivity index (χ1n) is 12.1. The topological polar surface area (TPSA) is 27.1 Å². The highest BCUT2D eigenvalue weighted by Crippen LogP contribution is 2.49. The maximum Gasteiger partial charge on any atom is 0.153 e. The maximum atomic E-state index is 6.31. The van der Waals surface area contributed by atoms with Crippen LogP contribution >= 0.6 is 0 Å². The van der Waals surface area contributed by atoms with Crippen LogP contribution in [0.2, 0.25) is 0 Å². The Labute approximate surface area is 207 Å². The van der Waals surface area contributed by atoms with Crippen molar-refractivity contribution in [2.24, 2.45) is 0 Å². The molecule has 0 fully saturated rings. The van der Waals surface area contributed by atoms with Gasteiger partial charge in [-0.1, -0.05) is 72.8 Å². The third-order valence-corrected chi connectivity index (χ3v) is 7.23. The molecule has 0 unspecified atom stereocenters. The zero-order valence-corrected chi connectivity index (χ0v) is 19.3. The highest BCUT2D eigenvalue weighted by Gasteiger charge is 2.25. The van der Waals surface area contributed by atoms with Crippen LogP contribution in [0.5, 0.6) is 11.5 Å². The zero-order valence-electron chi connectivity index (χ0n) is 19.3. The molecule has 5 aromatic carbocycles. The van der Waals surface area contributed by atoms with E-state index in [-0.39, 0.29) is 0 Å². The number of rotatable bonds is 2. The van der Waals surface area contributed by atoms with Gasteiger partial charge < -0.3 is 9.30 Å². The Hall–Kier alpha value is -4.89. The molecule has 0 radical (unpaired) electrons. The first kappa shape index (κ1) is 19.4. The number of pyridine rings is 1. The molecule has 0 amide bonds. The summed E-state index contributed by atoms with van der Waals surface area (Å²) >= 11 is 0. The molecule has 3 heteroatoms. The summed E-state index contributed by atoms with van der Waals surface area (Å²) in [5.74, 6) is 1.68. The van der Waals surface area contributed by atoms with E-state index in [1.54, 1.807) is 0 Å². The van der Waals surface area contributed by atoms with E-state index < -0.39 is 0 Å². The molecule has 2 aromatic heterocycles.